The van der Waals surface area contributed by atoms with Crippen molar-refractivity contribution < 1.29 is 23.5 Å². The average molecular weight is 365 g/mol. The number of hydrogen-bond donors (Lipinski definition) is 0. The van der Waals surface area contributed by atoms with Crippen LogP contribution in [0.25, 0.3) is 10.1 Å². The van der Waals surface area contributed by atoms with Crippen molar-refractivity contribution in [2.45, 2.75) is 13.5 Å². The predicted molar refractivity (Wildman–Crippen MR) is 90.7 cm³/mol. The van der Waals surface area contributed by atoms with Crippen LogP contribution < -0.4 is 0 Å². The van der Waals surface area contributed by atoms with Gasteiger partial charge in [-0.25, -0.2) is 9.59 Å². The summed E-state index contributed by atoms with van der Waals surface area (Å²) in [5.41, 5.74) is 0.618. The van der Waals surface area contributed by atoms with Crippen LogP contribution in [-0.2, 0) is 16.1 Å². The van der Waals surface area contributed by atoms with Crippen molar-refractivity contribution in [1.29, 1.82) is 0 Å². The maximum atomic E-state index is 12.3. The average Bonchev–Trinajstić information content (AvgIpc) is 3.13. The molecule has 0 fully saturated rings. The fourth-order valence-electron chi connectivity index (χ4n) is 2.26. The molecule has 0 amide bonds. The zero-order valence-corrected chi connectivity index (χ0v) is 14.5. The molecule has 0 aliphatic heterocycles. The van der Waals surface area contributed by atoms with E-state index in [1.54, 1.807) is 13.0 Å². The van der Waals surface area contributed by atoms with E-state index in [-0.39, 0.29) is 12.4 Å². The number of fused-ring (bicyclic) bond motifs is 1. The molecule has 3 aromatic rings. The minimum Gasteiger partial charge on any atom is -0.463 e. The zero-order chi connectivity index (χ0) is 17.3. The number of aryl methyl sites for hydroxylation is 1. The number of carbonyl (C=O) groups is 2. The van der Waals surface area contributed by atoms with Gasteiger partial charge in [0.1, 0.15) is 17.2 Å². The molecule has 0 aliphatic rings. The molecule has 0 atom stereocenters. The van der Waals surface area contributed by atoms with Gasteiger partial charge < -0.3 is 13.9 Å². The largest absolute Gasteiger partial charge is 0.463 e. The highest BCUT2D eigenvalue weighted by molar-refractivity contribution is 7.21. The maximum absolute atomic E-state index is 12.3. The minimum absolute atomic E-state index is 0.0960. The van der Waals surface area contributed by atoms with Crippen molar-refractivity contribution in [1.82, 2.24) is 0 Å². The highest BCUT2D eigenvalue weighted by atomic mass is 35.5. The van der Waals surface area contributed by atoms with Crippen LogP contribution in [0.5, 0.6) is 0 Å². The zero-order valence-electron chi connectivity index (χ0n) is 12.9. The van der Waals surface area contributed by atoms with Gasteiger partial charge >= 0.3 is 11.9 Å². The molecular formula is C17H13ClO5S. The third-order valence-corrected chi connectivity index (χ3v) is 5.06. The van der Waals surface area contributed by atoms with E-state index in [0.29, 0.717) is 21.2 Å². The summed E-state index contributed by atoms with van der Waals surface area (Å²) >= 11 is 7.52. The standard InChI is InChI=1S/C17H13ClO5S/c1-9-7-10(23-14(9)16(19)21-2)8-22-17(20)15-13(18)11-5-3-4-6-12(11)24-15/h3-7H,8H2,1-2H3. The summed E-state index contributed by atoms with van der Waals surface area (Å²) in [5.74, 6) is -0.644. The Morgan fingerprint density at radius 2 is 2.00 bits per heavy atom. The van der Waals surface area contributed by atoms with Gasteiger partial charge in [-0.1, -0.05) is 29.8 Å². The highest BCUT2D eigenvalue weighted by Gasteiger charge is 2.20. The molecule has 3 rings (SSSR count). The molecule has 1 aromatic carbocycles. The Balaban J connectivity index is 1.75. The molecule has 0 radical (unpaired) electrons. The summed E-state index contributed by atoms with van der Waals surface area (Å²) in [4.78, 5) is 24.1. The van der Waals surface area contributed by atoms with Crippen molar-refractivity contribution in [3.8, 4) is 0 Å². The van der Waals surface area contributed by atoms with Gasteiger partial charge in [0, 0.05) is 15.6 Å². The topological polar surface area (TPSA) is 65.7 Å². The summed E-state index contributed by atoms with van der Waals surface area (Å²) in [6, 6.07) is 9.11. The molecule has 0 aliphatic carbocycles. The van der Waals surface area contributed by atoms with Gasteiger partial charge in [-0.3, -0.25) is 0 Å². The Labute approximate surface area is 146 Å². The lowest BCUT2D eigenvalue weighted by Crippen LogP contribution is -2.03. The predicted octanol–water partition coefficient (Wildman–Crippen LogP) is 4.60. The molecular weight excluding hydrogens is 352 g/mol. The maximum Gasteiger partial charge on any atom is 0.374 e. The lowest BCUT2D eigenvalue weighted by atomic mass is 10.2. The molecule has 0 unspecified atom stereocenters. The van der Waals surface area contributed by atoms with Gasteiger partial charge in [-0.15, -0.1) is 11.3 Å². The Bertz CT molecular complexity index is 924. The second-order valence-corrected chi connectivity index (χ2v) is 6.46. The molecule has 5 nitrogen and oxygen atoms in total. The monoisotopic (exact) mass is 364 g/mol. The van der Waals surface area contributed by atoms with E-state index in [0.717, 1.165) is 10.1 Å². The normalized spacial score (nSPS) is 10.8. The van der Waals surface area contributed by atoms with Gasteiger partial charge in [0.05, 0.1) is 12.1 Å². The Morgan fingerprint density at radius 1 is 1.25 bits per heavy atom. The van der Waals surface area contributed by atoms with Gasteiger partial charge in [0.15, 0.2) is 0 Å². The first-order valence-corrected chi connectivity index (χ1v) is 8.22. The van der Waals surface area contributed by atoms with Crippen LogP contribution in [0.15, 0.2) is 34.7 Å². The molecule has 7 heteroatoms. The summed E-state index contributed by atoms with van der Waals surface area (Å²) in [6.07, 6.45) is 0. The molecule has 0 saturated heterocycles. The Kier molecular flexibility index (Phi) is 4.59. The molecule has 124 valence electrons. The van der Waals surface area contributed by atoms with Crippen LogP contribution in [0.2, 0.25) is 5.02 Å². The number of ether oxygens (including phenoxy) is 2. The van der Waals surface area contributed by atoms with Crippen molar-refractivity contribution >= 4 is 45.0 Å². The Morgan fingerprint density at radius 3 is 2.71 bits per heavy atom. The number of thiophene rings is 1. The number of esters is 2. The SMILES string of the molecule is COC(=O)c1oc(COC(=O)c2sc3ccccc3c2Cl)cc1C. The number of methoxy groups -OCH3 is 1. The minimum atomic E-state index is -0.572. The second kappa shape index (κ2) is 6.67. The first kappa shape index (κ1) is 16.5. The van der Waals surface area contributed by atoms with Gasteiger partial charge in [-0.2, -0.15) is 0 Å². The van der Waals surface area contributed by atoms with Crippen molar-refractivity contribution in [3.63, 3.8) is 0 Å². The number of rotatable bonds is 4. The van der Waals surface area contributed by atoms with Crippen LogP contribution in [-0.4, -0.2) is 19.0 Å². The Hall–Kier alpha value is -2.31. The summed E-state index contributed by atoms with van der Waals surface area (Å²) in [7, 11) is 1.27. The smallest absolute Gasteiger partial charge is 0.374 e. The second-order valence-electron chi connectivity index (χ2n) is 5.03. The molecule has 2 heterocycles. The van der Waals surface area contributed by atoms with Gasteiger partial charge in [-0.05, 0) is 19.1 Å². The highest BCUT2D eigenvalue weighted by Crippen LogP contribution is 2.35. The number of furan rings is 1. The van der Waals surface area contributed by atoms with E-state index in [1.165, 1.54) is 18.4 Å². The van der Waals surface area contributed by atoms with Crippen molar-refractivity contribution in [2.24, 2.45) is 0 Å². The van der Waals surface area contributed by atoms with E-state index in [9.17, 15) is 9.59 Å². The number of halogens is 1. The van der Waals surface area contributed by atoms with Crippen LogP contribution in [0.1, 0.15) is 31.6 Å². The third kappa shape index (κ3) is 3.02. The molecule has 0 saturated carbocycles. The number of benzene rings is 1. The summed E-state index contributed by atoms with van der Waals surface area (Å²) < 4.78 is 16.1. The van der Waals surface area contributed by atoms with E-state index >= 15 is 0 Å². The first-order chi connectivity index (χ1) is 11.5. The lowest BCUT2D eigenvalue weighted by Gasteiger charge is -2.01. The fraction of sp³-hybridized carbons (Fsp3) is 0.176. The fourth-order valence-corrected chi connectivity index (χ4v) is 3.66. The summed E-state index contributed by atoms with van der Waals surface area (Å²) in [5, 5.41) is 1.20. The van der Waals surface area contributed by atoms with E-state index in [2.05, 4.69) is 4.74 Å². The number of hydrogen-bond acceptors (Lipinski definition) is 6. The van der Waals surface area contributed by atoms with Crippen molar-refractivity contribution in [2.75, 3.05) is 7.11 Å². The molecule has 0 spiro atoms. The molecule has 0 N–H and O–H groups in total. The van der Waals surface area contributed by atoms with E-state index in [4.69, 9.17) is 20.8 Å². The molecule has 2 aromatic heterocycles. The third-order valence-electron chi connectivity index (χ3n) is 3.41. The first-order valence-electron chi connectivity index (χ1n) is 7.03. The summed E-state index contributed by atoms with van der Waals surface area (Å²) in [6.45, 7) is 1.62. The number of carbonyl (C=O) groups excluding carboxylic acids is 2. The lowest BCUT2D eigenvalue weighted by molar-refractivity contribution is 0.0444. The van der Waals surface area contributed by atoms with Crippen LogP contribution in [0.4, 0.5) is 0 Å². The van der Waals surface area contributed by atoms with Crippen LogP contribution >= 0.6 is 22.9 Å². The van der Waals surface area contributed by atoms with E-state index in [1.807, 2.05) is 24.3 Å². The molecule has 24 heavy (non-hydrogen) atoms. The molecule has 0 bridgehead atoms. The quantitative estimate of drug-likeness (QED) is 0.633. The van der Waals surface area contributed by atoms with Gasteiger partial charge in [0.25, 0.3) is 0 Å². The van der Waals surface area contributed by atoms with Crippen LogP contribution in [0.3, 0.4) is 0 Å². The van der Waals surface area contributed by atoms with E-state index < -0.39 is 11.9 Å². The van der Waals surface area contributed by atoms with Crippen LogP contribution in [0, 0.1) is 6.92 Å². The van der Waals surface area contributed by atoms with Crippen molar-refractivity contribution in [3.05, 3.63) is 57.3 Å². The van der Waals surface area contributed by atoms with Gasteiger partial charge in [0.2, 0.25) is 5.76 Å².